The number of carbonyl (C=O) groups excluding carboxylic acids is 1. The van der Waals surface area contributed by atoms with Crippen LogP contribution in [0, 0.1) is 5.92 Å². The Bertz CT molecular complexity index is 736. The third-order valence-electron chi connectivity index (χ3n) is 4.78. The summed E-state index contributed by atoms with van der Waals surface area (Å²) in [7, 11) is 1.57. The number of nitrogens with two attached hydrogens (primary N) is 1. The predicted molar refractivity (Wildman–Crippen MR) is 102 cm³/mol. The molecule has 0 bridgehead atoms. The Morgan fingerprint density at radius 2 is 2.27 bits per heavy atom. The number of methoxy groups -OCH3 is 1. The third kappa shape index (κ3) is 4.16. The van der Waals surface area contributed by atoms with Gasteiger partial charge >= 0.3 is 0 Å². The van der Waals surface area contributed by atoms with Gasteiger partial charge < -0.3 is 20.1 Å². The molecule has 7 heteroatoms. The van der Waals surface area contributed by atoms with Crippen LogP contribution in [0.15, 0.2) is 29.1 Å². The number of piperidine rings is 1. The fourth-order valence-corrected chi connectivity index (χ4v) is 3.83. The molecular formula is C19H25N3O3S. The molecule has 2 heterocycles. The lowest BCUT2D eigenvalue weighted by atomic mass is 9.92. The second-order valence-electron chi connectivity index (χ2n) is 6.65. The first-order valence-electron chi connectivity index (χ1n) is 8.81. The topological polar surface area (TPSA) is 77.7 Å². The first-order chi connectivity index (χ1) is 12.6. The van der Waals surface area contributed by atoms with Crippen molar-refractivity contribution >= 4 is 17.2 Å². The number of hydrogen-bond donors (Lipinski definition) is 1. The first-order valence-corrected chi connectivity index (χ1v) is 9.75. The smallest absolute Gasteiger partial charge is 0.254 e. The number of ether oxygens (including phenoxy) is 2. The van der Waals surface area contributed by atoms with Crippen molar-refractivity contribution in [2.24, 2.45) is 11.7 Å². The molecule has 2 atom stereocenters. The highest BCUT2D eigenvalue weighted by Crippen LogP contribution is 2.31. The van der Waals surface area contributed by atoms with Gasteiger partial charge in [0.1, 0.15) is 6.61 Å². The minimum absolute atomic E-state index is 0.00305. The number of likely N-dealkylation sites (tertiary alicyclic amines) is 1. The number of aromatic nitrogens is 1. The van der Waals surface area contributed by atoms with Crippen LogP contribution in [0.2, 0.25) is 0 Å². The minimum Gasteiger partial charge on any atom is -0.493 e. The predicted octanol–water partition coefficient (Wildman–Crippen LogP) is 2.93. The van der Waals surface area contributed by atoms with E-state index in [2.05, 4.69) is 11.9 Å². The molecule has 0 spiro atoms. The van der Waals surface area contributed by atoms with E-state index in [0.717, 1.165) is 25.1 Å². The first kappa shape index (κ1) is 18.7. The van der Waals surface area contributed by atoms with Crippen molar-refractivity contribution in [3.05, 3.63) is 40.3 Å². The Balaban J connectivity index is 1.74. The van der Waals surface area contributed by atoms with Crippen LogP contribution >= 0.6 is 11.3 Å². The van der Waals surface area contributed by atoms with Crippen molar-refractivity contribution < 1.29 is 14.3 Å². The van der Waals surface area contributed by atoms with Gasteiger partial charge in [0, 0.05) is 30.1 Å². The molecule has 1 aliphatic rings. The number of rotatable bonds is 6. The molecule has 0 aliphatic carbocycles. The Kier molecular flexibility index (Phi) is 6.11. The van der Waals surface area contributed by atoms with Crippen molar-refractivity contribution in [3.8, 4) is 11.5 Å². The van der Waals surface area contributed by atoms with Crippen molar-refractivity contribution in [2.45, 2.75) is 32.4 Å². The van der Waals surface area contributed by atoms with Crippen LogP contribution in [0.5, 0.6) is 11.5 Å². The van der Waals surface area contributed by atoms with Gasteiger partial charge in [0.05, 0.1) is 18.3 Å². The molecule has 2 N–H and O–H groups in total. The molecule has 2 unspecified atom stereocenters. The molecule has 1 saturated heterocycles. The number of nitrogens with zero attached hydrogens (tertiary/aromatic N) is 2. The standard InChI is InChI=1S/C19H25N3O3S/c1-13-5-6-22(16(7-13)9-20)19(23)14-3-4-17(18(8-14)24-2)25-10-15-11-26-12-21-15/h3-4,8,11-13,16H,5-7,9-10,20H2,1-2H3. The van der Waals surface area contributed by atoms with Crippen LogP contribution in [0.3, 0.4) is 0 Å². The van der Waals surface area contributed by atoms with Crippen molar-refractivity contribution in [2.75, 3.05) is 20.2 Å². The van der Waals surface area contributed by atoms with Gasteiger partial charge in [-0.25, -0.2) is 4.98 Å². The lowest BCUT2D eigenvalue weighted by molar-refractivity contribution is 0.0573. The summed E-state index contributed by atoms with van der Waals surface area (Å²) in [6.07, 6.45) is 1.96. The zero-order valence-electron chi connectivity index (χ0n) is 15.2. The molecule has 3 rings (SSSR count). The molecule has 1 aliphatic heterocycles. The van der Waals surface area contributed by atoms with Gasteiger partial charge in [0.25, 0.3) is 5.91 Å². The SMILES string of the molecule is COc1cc(C(=O)N2CCC(C)CC2CN)ccc1OCc1cscn1. The number of hydrogen-bond acceptors (Lipinski definition) is 6. The van der Waals surface area contributed by atoms with E-state index in [1.54, 1.807) is 30.8 Å². The Labute approximate surface area is 157 Å². The lowest BCUT2D eigenvalue weighted by Crippen LogP contribution is -2.49. The van der Waals surface area contributed by atoms with Crippen LogP contribution in [-0.2, 0) is 6.61 Å². The van der Waals surface area contributed by atoms with Gasteiger partial charge in [-0.05, 0) is 37.0 Å². The van der Waals surface area contributed by atoms with Crippen LogP contribution in [-0.4, -0.2) is 42.0 Å². The number of thiazole rings is 1. The fourth-order valence-electron chi connectivity index (χ4n) is 3.29. The van der Waals surface area contributed by atoms with Crippen molar-refractivity contribution in [1.82, 2.24) is 9.88 Å². The van der Waals surface area contributed by atoms with Crippen LogP contribution in [0.4, 0.5) is 0 Å². The molecule has 26 heavy (non-hydrogen) atoms. The monoisotopic (exact) mass is 375 g/mol. The summed E-state index contributed by atoms with van der Waals surface area (Å²) in [6.45, 7) is 3.81. The van der Waals surface area contributed by atoms with Gasteiger partial charge in [0.2, 0.25) is 0 Å². The highest BCUT2D eigenvalue weighted by molar-refractivity contribution is 7.07. The molecule has 2 aromatic rings. The van der Waals surface area contributed by atoms with Gasteiger partial charge in [-0.15, -0.1) is 11.3 Å². The molecule has 140 valence electrons. The largest absolute Gasteiger partial charge is 0.493 e. The van der Waals surface area contributed by atoms with Crippen LogP contribution in [0.25, 0.3) is 0 Å². The molecule has 1 fully saturated rings. The zero-order valence-corrected chi connectivity index (χ0v) is 16.0. The average molecular weight is 375 g/mol. The van der Waals surface area contributed by atoms with Gasteiger partial charge in [-0.3, -0.25) is 4.79 Å². The number of carbonyl (C=O) groups is 1. The summed E-state index contributed by atoms with van der Waals surface area (Å²) in [6, 6.07) is 5.40. The Morgan fingerprint density at radius 3 is 2.96 bits per heavy atom. The van der Waals surface area contributed by atoms with Crippen molar-refractivity contribution in [1.29, 1.82) is 0 Å². The zero-order chi connectivity index (χ0) is 18.5. The maximum absolute atomic E-state index is 13.0. The quantitative estimate of drug-likeness (QED) is 0.840. The summed E-state index contributed by atoms with van der Waals surface area (Å²) < 4.78 is 11.2. The van der Waals surface area contributed by atoms with Gasteiger partial charge in [-0.2, -0.15) is 0 Å². The number of amides is 1. The lowest BCUT2D eigenvalue weighted by Gasteiger charge is -2.38. The second-order valence-corrected chi connectivity index (χ2v) is 7.37. The molecule has 1 aromatic heterocycles. The Hall–Kier alpha value is -2.12. The van der Waals surface area contributed by atoms with Crippen LogP contribution < -0.4 is 15.2 Å². The molecule has 1 aromatic carbocycles. The van der Waals surface area contributed by atoms with E-state index in [-0.39, 0.29) is 11.9 Å². The Morgan fingerprint density at radius 1 is 1.42 bits per heavy atom. The van der Waals surface area contributed by atoms with Crippen LogP contribution in [0.1, 0.15) is 35.8 Å². The third-order valence-corrected chi connectivity index (χ3v) is 5.42. The maximum atomic E-state index is 13.0. The normalized spacial score (nSPS) is 20.0. The maximum Gasteiger partial charge on any atom is 0.254 e. The summed E-state index contributed by atoms with van der Waals surface area (Å²) in [5.41, 5.74) is 9.12. The van der Waals surface area contributed by atoms with E-state index >= 15 is 0 Å². The van der Waals surface area contributed by atoms with E-state index < -0.39 is 0 Å². The molecular weight excluding hydrogens is 350 g/mol. The van der Waals surface area contributed by atoms with E-state index in [9.17, 15) is 4.79 Å². The van der Waals surface area contributed by atoms with Gasteiger partial charge in [0.15, 0.2) is 11.5 Å². The van der Waals surface area contributed by atoms with E-state index in [1.165, 1.54) is 11.3 Å². The van der Waals surface area contributed by atoms with E-state index in [0.29, 0.717) is 36.1 Å². The van der Waals surface area contributed by atoms with E-state index in [4.69, 9.17) is 15.2 Å². The second kappa shape index (κ2) is 8.51. The molecule has 1 amide bonds. The summed E-state index contributed by atoms with van der Waals surface area (Å²) in [5.74, 6) is 1.74. The summed E-state index contributed by atoms with van der Waals surface area (Å²) in [4.78, 5) is 19.1. The average Bonchev–Trinajstić information content (AvgIpc) is 3.19. The minimum atomic E-state index is -0.00305. The molecule has 0 saturated carbocycles. The molecule has 6 nitrogen and oxygen atoms in total. The molecule has 0 radical (unpaired) electrons. The highest BCUT2D eigenvalue weighted by atomic mass is 32.1. The van der Waals surface area contributed by atoms with Gasteiger partial charge in [-0.1, -0.05) is 6.92 Å². The van der Waals surface area contributed by atoms with E-state index in [1.807, 2.05) is 10.3 Å². The summed E-state index contributed by atoms with van der Waals surface area (Å²) >= 11 is 1.53. The summed E-state index contributed by atoms with van der Waals surface area (Å²) in [5, 5.41) is 1.94. The highest BCUT2D eigenvalue weighted by Gasteiger charge is 2.29. The number of benzene rings is 1. The van der Waals surface area contributed by atoms with Crippen molar-refractivity contribution in [3.63, 3.8) is 0 Å². The fraction of sp³-hybridized carbons (Fsp3) is 0.474.